The topological polar surface area (TPSA) is 49.3 Å². The molecule has 1 aromatic heterocycles. The summed E-state index contributed by atoms with van der Waals surface area (Å²) in [6.45, 7) is 6.97. The van der Waals surface area contributed by atoms with Gasteiger partial charge >= 0.3 is 6.18 Å². The molecule has 2 heterocycles. The van der Waals surface area contributed by atoms with E-state index in [1.54, 1.807) is 9.80 Å². The van der Waals surface area contributed by atoms with E-state index >= 15 is 0 Å². The molecule has 2 aromatic rings. The van der Waals surface area contributed by atoms with Gasteiger partial charge in [-0.25, -0.2) is 9.97 Å². The van der Waals surface area contributed by atoms with Crippen molar-refractivity contribution in [3.8, 4) is 0 Å². The lowest BCUT2D eigenvalue weighted by Gasteiger charge is -2.36. The van der Waals surface area contributed by atoms with E-state index in [0.29, 0.717) is 31.7 Å². The summed E-state index contributed by atoms with van der Waals surface area (Å²) in [4.78, 5) is 23.9. The molecule has 0 N–H and O–H groups in total. The molecule has 1 aliphatic heterocycles. The van der Waals surface area contributed by atoms with Crippen LogP contribution in [0.4, 0.5) is 19.0 Å². The molecular weight excluding hydrogens is 357 g/mol. The largest absolute Gasteiger partial charge is 0.433 e. The Morgan fingerprint density at radius 2 is 1.67 bits per heavy atom. The van der Waals surface area contributed by atoms with Gasteiger partial charge in [-0.1, -0.05) is 17.7 Å². The number of aryl methyl sites for hydroxylation is 3. The highest BCUT2D eigenvalue weighted by atomic mass is 19.4. The first-order chi connectivity index (χ1) is 12.6. The van der Waals surface area contributed by atoms with Gasteiger partial charge in [-0.15, -0.1) is 0 Å². The number of hydrogen-bond donors (Lipinski definition) is 0. The maximum atomic E-state index is 13.0. The normalized spacial score (nSPS) is 15.2. The van der Waals surface area contributed by atoms with Crippen LogP contribution < -0.4 is 4.90 Å². The van der Waals surface area contributed by atoms with E-state index in [4.69, 9.17) is 0 Å². The van der Waals surface area contributed by atoms with Crippen molar-refractivity contribution in [2.45, 2.75) is 26.9 Å². The van der Waals surface area contributed by atoms with Gasteiger partial charge < -0.3 is 9.80 Å². The number of halogens is 3. The van der Waals surface area contributed by atoms with Crippen LogP contribution in [0.2, 0.25) is 0 Å². The first-order valence-electron chi connectivity index (χ1n) is 8.69. The molecule has 0 bridgehead atoms. The zero-order chi connectivity index (χ0) is 19.8. The zero-order valence-corrected chi connectivity index (χ0v) is 15.5. The standard InChI is InChI=1S/C19H21F3N4O/c1-12-4-5-13(2)15(10-12)18(27)26-8-6-25(7-9-26)17-11-16(19(20,21)22)23-14(3)24-17/h4-5,10-11H,6-9H2,1-3H3. The monoisotopic (exact) mass is 378 g/mol. The summed E-state index contributed by atoms with van der Waals surface area (Å²) in [5, 5.41) is 0. The van der Waals surface area contributed by atoms with E-state index in [1.165, 1.54) is 6.92 Å². The molecule has 27 heavy (non-hydrogen) atoms. The van der Waals surface area contributed by atoms with Crippen molar-refractivity contribution in [1.82, 2.24) is 14.9 Å². The van der Waals surface area contributed by atoms with Crippen molar-refractivity contribution in [2.75, 3.05) is 31.1 Å². The molecule has 0 unspecified atom stereocenters. The Hall–Kier alpha value is -2.64. The lowest BCUT2D eigenvalue weighted by molar-refractivity contribution is -0.141. The van der Waals surface area contributed by atoms with Crippen LogP contribution in [0.25, 0.3) is 0 Å². The van der Waals surface area contributed by atoms with Gasteiger partial charge in [-0.2, -0.15) is 13.2 Å². The number of alkyl halides is 3. The quantitative estimate of drug-likeness (QED) is 0.804. The Morgan fingerprint density at radius 3 is 2.30 bits per heavy atom. The van der Waals surface area contributed by atoms with Crippen molar-refractivity contribution < 1.29 is 18.0 Å². The van der Waals surface area contributed by atoms with Crippen LogP contribution in [0.3, 0.4) is 0 Å². The molecule has 5 nitrogen and oxygen atoms in total. The minimum atomic E-state index is -4.51. The Morgan fingerprint density at radius 1 is 1.00 bits per heavy atom. The second kappa shape index (κ2) is 7.17. The minimum Gasteiger partial charge on any atom is -0.353 e. The third-order valence-electron chi connectivity index (χ3n) is 4.63. The predicted molar refractivity (Wildman–Crippen MR) is 95.8 cm³/mol. The Labute approximate surface area is 155 Å². The summed E-state index contributed by atoms with van der Waals surface area (Å²) in [5.74, 6) is 0.271. The van der Waals surface area contributed by atoms with Crippen LogP contribution in [0, 0.1) is 20.8 Å². The molecular formula is C19H21F3N4O. The van der Waals surface area contributed by atoms with E-state index in [9.17, 15) is 18.0 Å². The average molecular weight is 378 g/mol. The number of piperazine rings is 1. The fourth-order valence-corrected chi connectivity index (χ4v) is 3.13. The number of anilines is 1. The second-order valence-electron chi connectivity index (χ2n) is 6.75. The SMILES string of the molecule is Cc1ccc(C)c(C(=O)N2CCN(c3cc(C(F)(F)F)nc(C)n3)CC2)c1. The van der Waals surface area contributed by atoms with E-state index in [1.807, 2.05) is 32.0 Å². The van der Waals surface area contributed by atoms with Crippen LogP contribution in [0.15, 0.2) is 24.3 Å². The number of hydrogen-bond acceptors (Lipinski definition) is 4. The van der Waals surface area contributed by atoms with E-state index in [-0.39, 0.29) is 17.5 Å². The Kier molecular flexibility index (Phi) is 5.08. The lowest BCUT2D eigenvalue weighted by atomic mass is 10.0. The van der Waals surface area contributed by atoms with Crippen molar-refractivity contribution >= 4 is 11.7 Å². The molecule has 1 aliphatic rings. The highest BCUT2D eigenvalue weighted by molar-refractivity contribution is 5.96. The van der Waals surface area contributed by atoms with Crippen LogP contribution in [-0.2, 0) is 6.18 Å². The smallest absolute Gasteiger partial charge is 0.353 e. The summed E-state index contributed by atoms with van der Waals surface area (Å²) in [5.41, 5.74) is 1.65. The number of rotatable bonds is 2. The lowest BCUT2D eigenvalue weighted by Crippen LogP contribution is -2.49. The van der Waals surface area contributed by atoms with Gasteiger partial charge in [0.2, 0.25) is 0 Å². The van der Waals surface area contributed by atoms with E-state index in [2.05, 4.69) is 9.97 Å². The third-order valence-corrected chi connectivity index (χ3v) is 4.63. The van der Waals surface area contributed by atoms with Gasteiger partial charge in [-0.05, 0) is 32.4 Å². The van der Waals surface area contributed by atoms with E-state index < -0.39 is 11.9 Å². The average Bonchev–Trinajstić information content (AvgIpc) is 2.62. The van der Waals surface area contributed by atoms with E-state index in [0.717, 1.165) is 17.2 Å². The second-order valence-corrected chi connectivity index (χ2v) is 6.75. The van der Waals surface area contributed by atoms with Gasteiger partial charge in [0.05, 0.1) is 0 Å². The van der Waals surface area contributed by atoms with Crippen LogP contribution >= 0.6 is 0 Å². The Bertz CT molecular complexity index is 859. The molecule has 144 valence electrons. The van der Waals surface area contributed by atoms with Crippen molar-refractivity contribution in [3.05, 3.63) is 52.5 Å². The van der Waals surface area contributed by atoms with Crippen molar-refractivity contribution in [3.63, 3.8) is 0 Å². The molecule has 1 aromatic carbocycles. The molecule has 0 saturated carbocycles. The molecule has 0 spiro atoms. The summed E-state index contributed by atoms with van der Waals surface area (Å²) in [6, 6.07) is 6.71. The molecule has 1 saturated heterocycles. The van der Waals surface area contributed by atoms with Gasteiger partial charge in [0.25, 0.3) is 5.91 Å². The molecule has 0 radical (unpaired) electrons. The first-order valence-corrected chi connectivity index (χ1v) is 8.69. The number of amides is 1. The molecule has 1 fully saturated rings. The van der Waals surface area contributed by atoms with Gasteiger partial charge in [0, 0.05) is 37.8 Å². The number of benzene rings is 1. The molecule has 8 heteroatoms. The molecule has 1 amide bonds. The first kappa shape index (κ1) is 19.1. The molecule has 0 aliphatic carbocycles. The molecule has 3 rings (SSSR count). The predicted octanol–water partition coefficient (Wildman–Crippen LogP) is 3.38. The van der Waals surface area contributed by atoms with Gasteiger partial charge in [-0.3, -0.25) is 4.79 Å². The minimum absolute atomic E-state index is 0.0503. The summed E-state index contributed by atoms with van der Waals surface area (Å²) >= 11 is 0. The number of aromatic nitrogens is 2. The highest BCUT2D eigenvalue weighted by Crippen LogP contribution is 2.30. The van der Waals surface area contributed by atoms with Gasteiger partial charge in [0.15, 0.2) is 0 Å². The number of carbonyl (C=O) groups excluding carboxylic acids is 1. The Balaban J connectivity index is 1.73. The molecule has 0 atom stereocenters. The summed E-state index contributed by atoms with van der Waals surface area (Å²) < 4.78 is 38.9. The van der Waals surface area contributed by atoms with Crippen LogP contribution in [-0.4, -0.2) is 47.0 Å². The third kappa shape index (κ3) is 4.20. The maximum Gasteiger partial charge on any atom is 0.433 e. The van der Waals surface area contributed by atoms with Gasteiger partial charge in [0.1, 0.15) is 17.3 Å². The fourth-order valence-electron chi connectivity index (χ4n) is 3.13. The number of carbonyl (C=O) groups is 1. The van der Waals surface area contributed by atoms with Crippen molar-refractivity contribution in [1.29, 1.82) is 0 Å². The zero-order valence-electron chi connectivity index (χ0n) is 15.5. The maximum absolute atomic E-state index is 13.0. The number of nitrogens with zero attached hydrogens (tertiary/aromatic N) is 4. The van der Waals surface area contributed by atoms with Crippen LogP contribution in [0.5, 0.6) is 0 Å². The fraction of sp³-hybridized carbons (Fsp3) is 0.421. The highest BCUT2D eigenvalue weighted by Gasteiger charge is 2.34. The summed E-state index contributed by atoms with van der Waals surface area (Å²) in [7, 11) is 0. The van der Waals surface area contributed by atoms with Crippen molar-refractivity contribution in [2.24, 2.45) is 0 Å². The summed E-state index contributed by atoms with van der Waals surface area (Å²) in [6.07, 6.45) is -4.51. The van der Waals surface area contributed by atoms with Crippen LogP contribution in [0.1, 0.15) is 33.0 Å².